The fourth-order valence-electron chi connectivity index (χ4n) is 1.68. The van der Waals surface area contributed by atoms with Gasteiger partial charge >= 0.3 is 0 Å². The molecule has 0 spiro atoms. The van der Waals surface area contributed by atoms with Gasteiger partial charge in [0.15, 0.2) is 0 Å². The number of aromatic nitrogens is 2. The summed E-state index contributed by atoms with van der Waals surface area (Å²) >= 11 is 1.68. The summed E-state index contributed by atoms with van der Waals surface area (Å²) in [5.41, 5.74) is 5.78. The largest absolute Gasteiger partial charge is 0.322 e. The summed E-state index contributed by atoms with van der Waals surface area (Å²) in [4.78, 5) is 0. The molecule has 4 heteroatoms. The molecule has 0 aliphatic heterocycles. The molecule has 15 heavy (non-hydrogen) atoms. The summed E-state index contributed by atoms with van der Waals surface area (Å²) in [7, 11) is 0. The molecular weight excluding hydrogens is 206 g/mol. The number of nitrogens with two attached hydrogens (primary N) is 1. The third kappa shape index (κ3) is 3.54. The van der Waals surface area contributed by atoms with Gasteiger partial charge in [0.2, 0.25) is 0 Å². The fraction of sp³-hybridized carbons (Fsp3) is 0.818. The first-order valence-corrected chi connectivity index (χ1v) is 6.59. The zero-order valence-corrected chi connectivity index (χ0v) is 10.7. The molecule has 1 heterocycles. The van der Waals surface area contributed by atoms with Gasteiger partial charge in [0.1, 0.15) is 10.0 Å². The average Bonchev–Trinajstić information content (AvgIpc) is 2.66. The lowest BCUT2D eigenvalue weighted by Gasteiger charge is -2.10. The molecule has 1 rings (SSSR count). The predicted octanol–water partition coefficient (Wildman–Crippen LogP) is 3.24. The second kappa shape index (κ2) is 6.18. The molecular formula is C11H21N3S. The molecule has 0 aliphatic rings. The Morgan fingerprint density at radius 3 is 2.07 bits per heavy atom. The minimum atomic E-state index is 0.0140. The van der Waals surface area contributed by atoms with Crippen LogP contribution in [0.15, 0.2) is 0 Å². The first-order valence-electron chi connectivity index (χ1n) is 5.77. The van der Waals surface area contributed by atoms with Gasteiger partial charge in [0.05, 0.1) is 6.04 Å². The van der Waals surface area contributed by atoms with E-state index in [-0.39, 0.29) is 6.04 Å². The van der Waals surface area contributed by atoms with Gasteiger partial charge in [-0.25, -0.2) is 0 Å². The van der Waals surface area contributed by atoms with Gasteiger partial charge in [0, 0.05) is 5.92 Å². The molecule has 0 saturated carbocycles. The summed E-state index contributed by atoms with van der Waals surface area (Å²) in [6.07, 6.45) is 4.83. The van der Waals surface area contributed by atoms with Crippen LogP contribution >= 0.6 is 11.3 Å². The quantitative estimate of drug-likeness (QED) is 0.811. The van der Waals surface area contributed by atoms with E-state index in [1.54, 1.807) is 11.3 Å². The van der Waals surface area contributed by atoms with Crippen molar-refractivity contribution in [3.63, 3.8) is 0 Å². The predicted molar refractivity (Wildman–Crippen MR) is 65.1 cm³/mol. The van der Waals surface area contributed by atoms with Crippen LogP contribution in [0.2, 0.25) is 0 Å². The Bertz CT molecular complexity index is 277. The summed E-state index contributed by atoms with van der Waals surface area (Å²) in [6, 6.07) is 0.0140. The van der Waals surface area contributed by atoms with Crippen LogP contribution < -0.4 is 5.73 Å². The molecule has 3 nitrogen and oxygen atoms in total. The maximum Gasteiger partial charge on any atom is 0.133 e. The van der Waals surface area contributed by atoms with Gasteiger partial charge in [-0.05, 0) is 19.8 Å². The van der Waals surface area contributed by atoms with Crippen LogP contribution in [0.5, 0.6) is 0 Å². The topological polar surface area (TPSA) is 51.8 Å². The van der Waals surface area contributed by atoms with Crippen LogP contribution in [0.4, 0.5) is 0 Å². The van der Waals surface area contributed by atoms with E-state index in [0.29, 0.717) is 5.92 Å². The van der Waals surface area contributed by atoms with E-state index >= 15 is 0 Å². The van der Waals surface area contributed by atoms with Crippen LogP contribution in [0.1, 0.15) is 68.4 Å². The lowest BCUT2D eigenvalue weighted by Crippen LogP contribution is -2.03. The zero-order chi connectivity index (χ0) is 11.3. The van der Waals surface area contributed by atoms with E-state index in [1.165, 1.54) is 30.7 Å². The van der Waals surface area contributed by atoms with Gasteiger partial charge in [-0.15, -0.1) is 10.2 Å². The van der Waals surface area contributed by atoms with Gasteiger partial charge in [-0.2, -0.15) is 0 Å². The highest BCUT2D eigenvalue weighted by molar-refractivity contribution is 7.11. The van der Waals surface area contributed by atoms with Crippen molar-refractivity contribution in [2.45, 2.75) is 58.4 Å². The molecule has 0 saturated heterocycles. The van der Waals surface area contributed by atoms with E-state index in [0.717, 1.165) is 5.01 Å². The van der Waals surface area contributed by atoms with Gasteiger partial charge in [-0.1, -0.05) is 38.0 Å². The molecule has 0 aliphatic carbocycles. The molecule has 1 unspecified atom stereocenters. The average molecular weight is 227 g/mol. The first kappa shape index (κ1) is 12.6. The van der Waals surface area contributed by atoms with Crippen LogP contribution in [0.3, 0.4) is 0 Å². The second-order valence-electron chi connectivity index (χ2n) is 4.04. The van der Waals surface area contributed by atoms with Gasteiger partial charge in [-0.3, -0.25) is 0 Å². The van der Waals surface area contributed by atoms with Crippen molar-refractivity contribution in [2.24, 2.45) is 5.73 Å². The highest BCUT2D eigenvalue weighted by Crippen LogP contribution is 2.29. The van der Waals surface area contributed by atoms with Crippen molar-refractivity contribution < 1.29 is 0 Å². The maximum absolute atomic E-state index is 5.78. The third-order valence-corrected chi connectivity index (χ3v) is 3.76. The Morgan fingerprint density at radius 1 is 1.13 bits per heavy atom. The Balaban J connectivity index is 2.72. The van der Waals surface area contributed by atoms with Crippen molar-refractivity contribution in [1.82, 2.24) is 10.2 Å². The minimum Gasteiger partial charge on any atom is -0.322 e. The Labute approximate surface area is 96.1 Å². The lowest BCUT2D eigenvalue weighted by atomic mass is 9.99. The van der Waals surface area contributed by atoms with Crippen molar-refractivity contribution >= 4 is 11.3 Å². The third-order valence-electron chi connectivity index (χ3n) is 2.47. The molecule has 1 atom stereocenters. The Morgan fingerprint density at radius 2 is 1.67 bits per heavy atom. The van der Waals surface area contributed by atoms with Crippen molar-refractivity contribution in [1.29, 1.82) is 0 Å². The normalized spacial score (nSPS) is 13.4. The highest BCUT2D eigenvalue weighted by atomic mass is 32.1. The van der Waals surface area contributed by atoms with Gasteiger partial charge < -0.3 is 5.73 Å². The van der Waals surface area contributed by atoms with Crippen molar-refractivity contribution in [3.8, 4) is 0 Å². The van der Waals surface area contributed by atoms with E-state index < -0.39 is 0 Å². The Kier molecular flexibility index (Phi) is 5.19. The summed E-state index contributed by atoms with van der Waals surface area (Å²) < 4.78 is 0. The SMILES string of the molecule is CCCC(CCC)c1nnc(C(C)N)s1. The van der Waals surface area contributed by atoms with Crippen LogP contribution in [-0.2, 0) is 0 Å². The minimum absolute atomic E-state index is 0.0140. The number of rotatable bonds is 6. The molecule has 0 amide bonds. The van der Waals surface area contributed by atoms with Crippen LogP contribution in [0, 0.1) is 0 Å². The maximum atomic E-state index is 5.78. The lowest BCUT2D eigenvalue weighted by molar-refractivity contribution is 0.553. The summed E-state index contributed by atoms with van der Waals surface area (Å²) in [5, 5.41) is 10.5. The molecule has 0 bridgehead atoms. The molecule has 0 radical (unpaired) electrons. The van der Waals surface area contributed by atoms with E-state index in [1.807, 2.05) is 6.92 Å². The molecule has 86 valence electrons. The van der Waals surface area contributed by atoms with Gasteiger partial charge in [0.25, 0.3) is 0 Å². The zero-order valence-electron chi connectivity index (χ0n) is 9.86. The smallest absolute Gasteiger partial charge is 0.133 e. The molecule has 1 aromatic heterocycles. The standard InChI is InChI=1S/C11H21N3S/c1-4-6-9(7-5-2)11-14-13-10(15-11)8(3)12/h8-9H,4-7,12H2,1-3H3. The van der Waals surface area contributed by atoms with Crippen LogP contribution in [-0.4, -0.2) is 10.2 Å². The van der Waals surface area contributed by atoms with E-state index in [2.05, 4.69) is 24.0 Å². The molecule has 2 N–H and O–H groups in total. The summed E-state index contributed by atoms with van der Waals surface area (Å²) in [5.74, 6) is 0.588. The molecule has 1 aromatic rings. The highest BCUT2D eigenvalue weighted by Gasteiger charge is 2.16. The summed E-state index contributed by atoms with van der Waals surface area (Å²) in [6.45, 7) is 6.39. The molecule has 0 aromatic carbocycles. The monoisotopic (exact) mass is 227 g/mol. The molecule has 0 fully saturated rings. The van der Waals surface area contributed by atoms with E-state index in [4.69, 9.17) is 5.73 Å². The van der Waals surface area contributed by atoms with E-state index in [9.17, 15) is 0 Å². The van der Waals surface area contributed by atoms with Crippen LogP contribution in [0.25, 0.3) is 0 Å². The Hall–Kier alpha value is -0.480. The first-order chi connectivity index (χ1) is 7.19. The fourth-order valence-corrected chi connectivity index (χ4v) is 2.65. The number of hydrogen-bond acceptors (Lipinski definition) is 4. The van der Waals surface area contributed by atoms with Crippen molar-refractivity contribution in [2.75, 3.05) is 0 Å². The second-order valence-corrected chi connectivity index (χ2v) is 5.08. The van der Waals surface area contributed by atoms with Crippen molar-refractivity contribution in [3.05, 3.63) is 10.0 Å². The number of nitrogens with zero attached hydrogens (tertiary/aromatic N) is 2. The number of hydrogen-bond donors (Lipinski definition) is 1.